The minimum atomic E-state index is -4.64. The second-order valence-electron chi connectivity index (χ2n) is 10.4. The van der Waals surface area contributed by atoms with Gasteiger partial charge in [0.2, 0.25) is 0 Å². The first kappa shape index (κ1) is 29.4. The molecule has 2 aliphatic heterocycles. The van der Waals surface area contributed by atoms with Crippen LogP contribution in [0.5, 0.6) is 17.5 Å². The molecule has 1 saturated heterocycles. The van der Waals surface area contributed by atoms with Crippen molar-refractivity contribution < 1.29 is 31.8 Å². The SMILES string of the molecule is CC(C)N(CC(F)(F)F)C(=O)c1cc(F)ccc1Oc1nncc(N2CCC(Oc3ccnc4c3CNCC4)CC2)n1. The van der Waals surface area contributed by atoms with E-state index in [0.717, 1.165) is 67.6 Å². The summed E-state index contributed by atoms with van der Waals surface area (Å²) in [6, 6.07) is 3.89. The van der Waals surface area contributed by atoms with Gasteiger partial charge in [0.15, 0.2) is 5.82 Å². The molecule has 1 N–H and O–H groups in total. The number of nitrogens with zero attached hydrogens (tertiary/aromatic N) is 6. The summed E-state index contributed by atoms with van der Waals surface area (Å²) in [4.78, 5) is 24.5. The molecule has 1 fully saturated rings. The van der Waals surface area contributed by atoms with Crippen LogP contribution < -0.4 is 19.7 Å². The first-order valence-corrected chi connectivity index (χ1v) is 13.7. The maximum atomic E-state index is 14.1. The second-order valence-corrected chi connectivity index (χ2v) is 10.4. The lowest BCUT2D eigenvalue weighted by molar-refractivity contribution is -0.143. The molecule has 0 radical (unpaired) electrons. The van der Waals surface area contributed by atoms with Gasteiger partial charge in [-0.05, 0) is 38.1 Å². The third-order valence-electron chi connectivity index (χ3n) is 7.14. The molecule has 2 aromatic heterocycles. The minimum absolute atomic E-state index is 0.00794. The van der Waals surface area contributed by atoms with E-state index in [2.05, 4.69) is 25.5 Å². The lowest BCUT2D eigenvalue weighted by Crippen LogP contribution is -2.43. The summed E-state index contributed by atoms with van der Waals surface area (Å²) < 4.78 is 65.6. The van der Waals surface area contributed by atoms with Crippen LogP contribution in [0.4, 0.5) is 23.4 Å². The first-order valence-electron chi connectivity index (χ1n) is 13.7. The zero-order chi connectivity index (χ0) is 29.9. The molecule has 0 aliphatic carbocycles. The van der Waals surface area contributed by atoms with Crippen LogP contribution in [-0.2, 0) is 13.0 Å². The predicted molar refractivity (Wildman–Crippen MR) is 144 cm³/mol. The lowest BCUT2D eigenvalue weighted by Gasteiger charge is -2.33. The predicted octanol–water partition coefficient (Wildman–Crippen LogP) is 4.30. The molecule has 0 spiro atoms. The summed E-state index contributed by atoms with van der Waals surface area (Å²) >= 11 is 0. The van der Waals surface area contributed by atoms with Crippen molar-refractivity contribution in [3.8, 4) is 17.5 Å². The Morgan fingerprint density at radius 2 is 1.98 bits per heavy atom. The van der Waals surface area contributed by atoms with E-state index >= 15 is 0 Å². The summed E-state index contributed by atoms with van der Waals surface area (Å²) in [5, 5.41) is 11.2. The molecule has 0 saturated carbocycles. The smallest absolute Gasteiger partial charge is 0.406 e. The molecule has 2 aliphatic rings. The third-order valence-corrected chi connectivity index (χ3v) is 7.14. The number of nitrogens with one attached hydrogen (secondary N) is 1. The van der Waals surface area contributed by atoms with Gasteiger partial charge in [0.05, 0.1) is 11.8 Å². The van der Waals surface area contributed by atoms with Crippen LogP contribution in [0.1, 0.15) is 48.3 Å². The fourth-order valence-electron chi connectivity index (χ4n) is 5.00. The molecule has 0 atom stereocenters. The van der Waals surface area contributed by atoms with Crippen molar-refractivity contribution in [3.63, 3.8) is 0 Å². The largest absolute Gasteiger partial charge is 0.490 e. The van der Waals surface area contributed by atoms with Gasteiger partial charge in [-0.25, -0.2) is 4.39 Å². The summed E-state index contributed by atoms with van der Waals surface area (Å²) in [5.74, 6) is -0.701. The van der Waals surface area contributed by atoms with Crippen LogP contribution in [0.15, 0.2) is 36.7 Å². The van der Waals surface area contributed by atoms with Gasteiger partial charge >= 0.3 is 12.2 Å². The first-order chi connectivity index (χ1) is 20.1. The number of carbonyl (C=O) groups excluding carboxylic acids is 1. The van der Waals surface area contributed by atoms with E-state index in [4.69, 9.17) is 9.47 Å². The highest BCUT2D eigenvalue weighted by atomic mass is 19.4. The zero-order valence-corrected chi connectivity index (χ0v) is 23.2. The van der Waals surface area contributed by atoms with E-state index in [0.29, 0.717) is 23.8 Å². The molecule has 1 aromatic carbocycles. The number of alkyl halides is 3. The van der Waals surface area contributed by atoms with Crippen molar-refractivity contribution in [1.82, 2.24) is 30.4 Å². The van der Waals surface area contributed by atoms with Crippen LogP contribution in [0.3, 0.4) is 0 Å². The topological polar surface area (TPSA) is 106 Å². The lowest BCUT2D eigenvalue weighted by atomic mass is 10.1. The number of pyridine rings is 1. The number of hydrogen-bond acceptors (Lipinski definition) is 9. The Kier molecular flexibility index (Phi) is 8.71. The fourth-order valence-corrected chi connectivity index (χ4v) is 5.00. The van der Waals surface area contributed by atoms with Gasteiger partial charge in [-0.2, -0.15) is 23.3 Å². The number of hydrogen-bond donors (Lipinski definition) is 1. The zero-order valence-electron chi connectivity index (χ0n) is 23.2. The van der Waals surface area contributed by atoms with Crippen LogP contribution in [0.25, 0.3) is 0 Å². The Morgan fingerprint density at radius 1 is 1.19 bits per heavy atom. The standard InChI is InChI=1S/C28H31F4N7O3/c1-17(2)39(16-28(30,31)32)26(40)20-13-18(29)3-4-23(20)42-27-36-25(15-35-37-27)38-11-7-19(8-12-38)41-24-6-10-34-22-5-9-33-14-21(22)24/h3-4,6,10,13,15,17,19,33H,5,7-9,11-12,14,16H2,1-2H3. The molecule has 14 heteroatoms. The quantitative estimate of drug-likeness (QED) is 0.385. The fraction of sp³-hybridized carbons (Fsp3) is 0.464. The summed E-state index contributed by atoms with van der Waals surface area (Å²) in [7, 11) is 0. The molecule has 0 bridgehead atoms. The number of amides is 1. The summed E-state index contributed by atoms with van der Waals surface area (Å²) in [5.41, 5.74) is 1.78. The number of ether oxygens (including phenoxy) is 2. The van der Waals surface area contributed by atoms with E-state index in [-0.39, 0.29) is 23.4 Å². The van der Waals surface area contributed by atoms with E-state index in [1.807, 2.05) is 11.0 Å². The van der Waals surface area contributed by atoms with Crippen molar-refractivity contribution in [2.75, 3.05) is 31.1 Å². The molecule has 0 unspecified atom stereocenters. The van der Waals surface area contributed by atoms with E-state index in [1.165, 1.54) is 20.0 Å². The third kappa shape index (κ3) is 7.04. The molecule has 4 heterocycles. The number of piperidine rings is 1. The second kappa shape index (κ2) is 12.4. The monoisotopic (exact) mass is 589 g/mol. The molecule has 42 heavy (non-hydrogen) atoms. The van der Waals surface area contributed by atoms with Crippen molar-refractivity contribution >= 4 is 11.7 Å². The number of benzene rings is 1. The maximum Gasteiger partial charge on any atom is 0.406 e. The number of rotatable bonds is 8. The average molecular weight is 590 g/mol. The molecule has 10 nitrogen and oxygen atoms in total. The molecule has 3 aromatic rings. The van der Waals surface area contributed by atoms with Gasteiger partial charge in [0, 0.05) is 68.9 Å². The highest BCUT2D eigenvalue weighted by Crippen LogP contribution is 2.30. The Morgan fingerprint density at radius 3 is 2.71 bits per heavy atom. The summed E-state index contributed by atoms with van der Waals surface area (Å²) in [6.07, 6.45) is 0.945. The Labute approximate surface area is 240 Å². The molecular weight excluding hydrogens is 558 g/mol. The van der Waals surface area contributed by atoms with Gasteiger partial charge in [0.25, 0.3) is 5.91 Å². The van der Waals surface area contributed by atoms with Crippen molar-refractivity contribution in [2.24, 2.45) is 0 Å². The van der Waals surface area contributed by atoms with Gasteiger partial charge < -0.3 is 24.6 Å². The van der Waals surface area contributed by atoms with E-state index < -0.39 is 30.5 Å². The van der Waals surface area contributed by atoms with Crippen LogP contribution >= 0.6 is 0 Å². The maximum absolute atomic E-state index is 14.1. The molecular formula is C28H31F4N7O3. The van der Waals surface area contributed by atoms with Gasteiger partial charge in [-0.15, -0.1) is 0 Å². The summed E-state index contributed by atoms with van der Waals surface area (Å²) in [6.45, 7) is 4.25. The van der Waals surface area contributed by atoms with Crippen LogP contribution in [0, 0.1) is 5.82 Å². The number of fused-ring (bicyclic) bond motifs is 1. The minimum Gasteiger partial charge on any atom is -0.490 e. The average Bonchev–Trinajstić information content (AvgIpc) is 2.97. The molecule has 5 rings (SSSR count). The number of halogens is 4. The van der Waals surface area contributed by atoms with Crippen LogP contribution in [-0.4, -0.2) is 75.5 Å². The number of carbonyl (C=O) groups is 1. The van der Waals surface area contributed by atoms with Crippen molar-refractivity contribution in [3.05, 3.63) is 59.3 Å². The number of anilines is 1. The number of aromatic nitrogens is 4. The van der Waals surface area contributed by atoms with Gasteiger partial charge in [-0.1, -0.05) is 5.10 Å². The molecule has 224 valence electrons. The normalized spacial score (nSPS) is 15.8. The van der Waals surface area contributed by atoms with Gasteiger partial charge in [0.1, 0.15) is 30.0 Å². The highest BCUT2D eigenvalue weighted by molar-refractivity contribution is 5.97. The van der Waals surface area contributed by atoms with E-state index in [1.54, 1.807) is 6.20 Å². The van der Waals surface area contributed by atoms with E-state index in [9.17, 15) is 22.4 Å². The molecule has 1 amide bonds. The van der Waals surface area contributed by atoms with Crippen molar-refractivity contribution in [2.45, 2.75) is 58.0 Å². The highest BCUT2D eigenvalue weighted by Gasteiger charge is 2.36. The van der Waals surface area contributed by atoms with Crippen LogP contribution in [0.2, 0.25) is 0 Å². The van der Waals surface area contributed by atoms with Gasteiger partial charge in [-0.3, -0.25) is 9.78 Å². The Hall–Kier alpha value is -4.07. The Bertz CT molecular complexity index is 1410. The van der Waals surface area contributed by atoms with Crippen molar-refractivity contribution in [1.29, 1.82) is 0 Å². The Balaban J connectivity index is 1.26.